The number of carbonyl (C=O) groups is 4. The topological polar surface area (TPSA) is 114 Å². The maximum absolute atomic E-state index is 15.7. The molecule has 0 aromatic heterocycles. The predicted octanol–water partition coefficient (Wildman–Crippen LogP) is 8.31. The van der Waals surface area contributed by atoms with E-state index in [-0.39, 0.29) is 57.3 Å². The molecule has 0 spiro atoms. The van der Waals surface area contributed by atoms with Crippen LogP contribution in [-0.4, -0.2) is 23.9 Å². The summed E-state index contributed by atoms with van der Waals surface area (Å²) < 4.78 is 67.8. The summed E-state index contributed by atoms with van der Waals surface area (Å²) in [5, 5.41) is 0. The molecule has 50 heavy (non-hydrogen) atoms. The fourth-order valence-corrected chi connectivity index (χ4v) is 4.35. The van der Waals surface area contributed by atoms with Gasteiger partial charge < -0.3 is 23.7 Å². The van der Waals surface area contributed by atoms with Crippen molar-refractivity contribution in [2.45, 2.75) is 0 Å². The Morgan fingerprint density at radius 3 is 1.36 bits per heavy atom. The third-order valence-corrected chi connectivity index (χ3v) is 6.58. The first-order chi connectivity index (χ1) is 24.0. The number of rotatable bonds is 13. The van der Waals surface area contributed by atoms with Gasteiger partial charge in [-0.1, -0.05) is 62.7 Å². The first kappa shape index (κ1) is 35.9. The molecule has 0 N–H and O–H groups in total. The van der Waals surface area contributed by atoms with Gasteiger partial charge >= 0.3 is 30.0 Å². The van der Waals surface area contributed by atoms with E-state index in [4.69, 9.17) is 23.7 Å². The van der Waals surface area contributed by atoms with E-state index >= 15 is 4.39 Å². The molecule has 12 heteroatoms. The smallest absolute Gasteiger partial charge is 0.335 e. The normalized spacial score (nSPS) is 10.1. The lowest BCUT2D eigenvalue weighted by Gasteiger charge is -2.15. The molecule has 0 fully saturated rings. The Kier molecular flexibility index (Phi) is 11.7. The van der Waals surface area contributed by atoms with Gasteiger partial charge in [0.1, 0.15) is 11.6 Å². The van der Waals surface area contributed by atoms with Crippen molar-refractivity contribution in [3.05, 3.63) is 142 Å². The Morgan fingerprint density at radius 1 is 0.480 bits per heavy atom. The predicted molar refractivity (Wildman–Crippen MR) is 177 cm³/mol. The van der Waals surface area contributed by atoms with Crippen LogP contribution in [0.5, 0.6) is 28.7 Å². The molecule has 0 aliphatic carbocycles. The van der Waals surface area contributed by atoms with Crippen molar-refractivity contribution >= 4 is 23.9 Å². The van der Waals surface area contributed by atoms with Crippen LogP contribution in [0.4, 0.5) is 13.2 Å². The number of carbonyl (C=O) groups excluding carboxylic acids is 4. The molecule has 0 heterocycles. The van der Waals surface area contributed by atoms with Crippen molar-refractivity contribution in [2.24, 2.45) is 0 Å². The van der Waals surface area contributed by atoms with Gasteiger partial charge in [0.2, 0.25) is 0 Å². The van der Waals surface area contributed by atoms with Gasteiger partial charge in [-0.25, -0.2) is 23.6 Å². The molecule has 0 bridgehead atoms. The van der Waals surface area contributed by atoms with Gasteiger partial charge in [0, 0.05) is 35.4 Å². The zero-order chi connectivity index (χ0) is 36.4. The molecule has 4 aromatic rings. The lowest BCUT2D eigenvalue weighted by Crippen LogP contribution is -2.08. The van der Waals surface area contributed by atoms with Crippen LogP contribution in [0.15, 0.2) is 136 Å². The van der Waals surface area contributed by atoms with Crippen LogP contribution in [0.2, 0.25) is 0 Å². The highest BCUT2D eigenvalue weighted by Gasteiger charge is 2.18. The molecule has 0 saturated carbocycles. The summed E-state index contributed by atoms with van der Waals surface area (Å²) in [5.74, 6) is -4.73. The second kappa shape index (κ2) is 16.2. The summed E-state index contributed by atoms with van der Waals surface area (Å²) in [5.41, 5.74) is 1.55. The summed E-state index contributed by atoms with van der Waals surface area (Å²) >= 11 is 0. The van der Waals surface area contributed by atoms with E-state index in [1.807, 2.05) is 0 Å². The summed E-state index contributed by atoms with van der Waals surface area (Å²) in [6, 6.07) is 16.8. The third kappa shape index (κ3) is 8.89. The molecule has 252 valence electrons. The SMILES string of the molecule is C=CC(=O)Oc1ccc(-c2ccc(-c3ccc(-c4ccc(OC(=O)C=C)c(OC(=O)C=C)c4)c(OC=C(F)F)c3)c(F)c2)cc1OC(=O)C=C. The molecule has 9 nitrogen and oxygen atoms in total. The van der Waals surface area contributed by atoms with Gasteiger partial charge in [0.15, 0.2) is 29.3 Å². The highest BCUT2D eigenvalue weighted by Crippen LogP contribution is 2.40. The van der Waals surface area contributed by atoms with Crippen molar-refractivity contribution in [1.29, 1.82) is 0 Å². The zero-order valence-electron chi connectivity index (χ0n) is 26.0. The average molecular weight is 683 g/mol. The van der Waals surface area contributed by atoms with Crippen molar-refractivity contribution in [1.82, 2.24) is 0 Å². The van der Waals surface area contributed by atoms with Crippen molar-refractivity contribution in [3.8, 4) is 62.1 Å². The maximum atomic E-state index is 15.7. The van der Waals surface area contributed by atoms with Crippen LogP contribution in [0.3, 0.4) is 0 Å². The Bertz CT molecular complexity index is 2080. The molecule has 0 amide bonds. The van der Waals surface area contributed by atoms with Crippen LogP contribution in [0.25, 0.3) is 33.4 Å². The molecule has 0 unspecified atom stereocenters. The number of hydrogen-bond acceptors (Lipinski definition) is 9. The summed E-state index contributed by atoms with van der Waals surface area (Å²) in [6.07, 6.45) is 1.68. The summed E-state index contributed by atoms with van der Waals surface area (Å²) in [7, 11) is 0. The van der Waals surface area contributed by atoms with Crippen LogP contribution >= 0.6 is 0 Å². The number of ether oxygens (including phenoxy) is 5. The Morgan fingerprint density at radius 2 is 0.860 bits per heavy atom. The van der Waals surface area contributed by atoms with Crippen LogP contribution in [0.1, 0.15) is 0 Å². The molecular weight excluding hydrogens is 657 g/mol. The molecule has 0 radical (unpaired) electrons. The van der Waals surface area contributed by atoms with Gasteiger partial charge in [-0.15, -0.1) is 0 Å². The van der Waals surface area contributed by atoms with Gasteiger partial charge in [-0.2, -0.15) is 8.78 Å². The molecule has 4 aromatic carbocycles. The second-order valence-electron chi connectivity index (χ2n) is 9.75. The van der Waals surface area contributed by atoms with Crippen LogP contribution in [0, 0.1) is 5.82 Å². The van der Waals surface area contributed by atoms with Gasteiger partial charge in [-0.05, 0) is 58.7 Å². The number of halogens is 3. The van der Waals surface area contributed by atoms with Crippen molar-refractivity contribution in [2.75, 3.05) is 0 Å². The molecule has 0 aliphatic rings. The summed E-state index contributed by atoms with van der Waals surface area (Å²) in [4.78, 5) is 47.4. The fraction of sp³-hybridized carbons (Fsp3) is 0. The largest absolute Gasteiger partial charge is 0.459 e. The van der Waals surface area contributed by atoms with E-state index in [0.29, 0.717) is 11.1 Å². The summed E-state index contributed by atoms with van der Waals surface area (Å²) in [6.45, 7) is 13.3. The molecule has 0 aliphatic heterocycles. The zero-order valence-corrected chi connectivity index (χ0v) is 26.0. The highest BCUT2D eigenvalue weighted by atomic mass is 19.3. The van der Waals surface area contributed by atoms with Gasteiger partial charge in [-0.3, -0.25) is 0 Å². The van der Waals surface area contributed by atoms with E-state index in [1.54, 1.807) is 6.07 Å². The van der Waals surface area contributed by atoms with Gasteiger partial charge in [0.25, 0.3) is 0 Å². The first-order valence-electron chi connectivity index (χ1n) is 14.2. The Labute approximate surface area is 283 Å². The first-order valence-corrected chi connectivity index (χ1v) is 14.2. The lowest BCUT2D eigenvalue weighted by molar-refractivity contribution is -0.131. The number of benzene rings is 4. The second-order valence-corrected chi connectivity index (χ2v) is 9.75. The van der Waals surface area contributed by atoms with E-state index < -0.39 is 35.8 Å². The van der Waals surface area contributed by atoms with Crippen molar-refractivity contribution < 1.29 is 56.0 Å². The molecule has 4 rings (SSSR count). The maximum Gasteiger partial charge on any atom is 0.335 e. The fourth-order valence-electron chi connectivity index (χ4n) is 4.35. The van der Waals surface area contributed by atoms with Gasteiger partial charge in [0.05, 0.1) is 0 Å². The minimum absolute atomic E-state index is 0.0666. The molecular formula is C38H25F3O9. The van der Waals surface area contributed by atoms with Crippen molar-refractivity contribution in [3.63, 3.8) is 0 Å². The van der Waals surface area contributed by atoms with E-state index in [1.165, 1.54) is 66.7 Å². The Balaban J connectivity index is 1.76. The van der Waals surface area contributed by atoms with E-state index in [2.05, 4.69) is 26.3 Å². The highest BCUT2D eigenvalue weighted by molar-refractivity contribution is 5.88. The van der Waals surface area contributed by atoms with E-state index in [0.717, 1.165) is 24.3 Å². The monoisotopic (exact) mass is 682 g/mol. The lowest BCUT2D eigenvalue weighted by atomic mass is 9.96. The standard InChI is InChI=1S/C38H25F3O9/c1-5-35(42)47-29-15-11-23(18-32(29)49-37(44)7-3)22-9-13-26(28(39)17-22)24-10-14-27(31(19-24)46-21-34(40)41)25-12-16-30(48-36(43)6-2)33(20-25)50-38(45)8-4/h5-21H,1-4H2. The molecule has 0 atom stereocenters. The molecule has 0 saturated heterocycles. The Hall–Kier alpha value is -6.95. The minimum atomic E-state index is -2.15. The van der Waals surface area contributed by atoms with E-state index in [9.17, 15) is 28.0 Å². The number of hydrogen-bond donors (Lipinski definition) is 0. The number of esters is 4. The third-order valence-electron chi connectivity index (χ3n) is 6.58. The minimum Gasteiger partial charge on any atom is -0.459 e. The quantitative estimate of drug-likeness (QED) is 0.0594. The van der Waals surface area contributed by atoms with Crippen LogP contribution in [-0.2, 0) is 19.2 Å². The average Bonchev–Trinajstić information content (AvgIpc) is 3.11. The van der Waals surface area contributed by atoms with Crippen LogP contribution < -0.4 is 23.7 Å².